The van der Waals surface area contributed by atoms with Crippen LogP contribution in [0.15, 0.2) is 0 Å². The number of hydrogen-bond acceptors (Lipinski definition) is 8. The molecule has 4 saturated heterocycles. The van der Waals surface area contributed by atoms with E-state index in [1.54, 1.807) is 6.92 Å². The zero-order chi connectivity index (χ0) is 43.7. The van der Waals surface area contributed by atoms with Crippen LogP contribution in [0, 0.1) is 0 Å². The third-order valence-corrected chi connectivity index (χ3v) is 15.6. The minimum absolute atomic E-state index is 0.0271. The van der Waals surface area contributed by atoms with Gasteiger partial charge < -0.3 is 34.8 Å². The normalized spacial score (nSPS) is 30.7. The first-order valence-corrected chi connectivity index (χ1v) is 25.1. The average Bonchev–Trinajstić information content (AvgIpc) is 3.43. The first-order chi connectivity index (χ1) is 28.1. The topological polar surface area (TPSA) is 115 Å². The number of hydrogen-bond donors (Lipinski definition) is 3. The van der Waals surface area contributed by atoms with E-state index in [0.29, 0.717) is 32.2 Å². The minimum atomic E-state index is -1.02. The van der Waals surface area contributed by atoms with E-state index >= 15 is 9.59 Å². The summed E-state index contributed by atoms with van der Waals surface area (Å²) in [5, 5.41) is 27.0. The second kappa shape index (κ2) is 18.7. The van der Waals surface area contributed by atoms with Crippen molar-refractivity contribution >= 4 is 11.8 Å². The summed E-state index contributed by atoms with van der Waals surface area (Å²) in [5.41, 5.74) is -4.99. The Morgan fingerprint density at radius 2 is 0.817 bits per heavy atom. The van der Waals surface area contributed by atoms with Gasteiger partial charge in [0.1, 0.15) is 11.4 Å². The number of carbonyl (C=O) groups excluding carboxylic acids is 2. The Morgan fingerprint density at radius 1 is 0.500 bits per heavy atom. The van der Waals surface area contributed by atoms with Gasteiger partial charge in [-0.3, -0.25) is 14.5 Å². The molecule has 6 rings (SSSR count). The monoisotopic (exact) mass is 843 g/mol. The third kappa shape index (κ3) is 10.6. The fourth-order valence-corrected chi connectivity index (χ4v) is 14.0. The Kier molecular flexibility index (Phi) is 15.0. The summed E-state index contributed by atoms with van der Waals surface area (Å²) in [6.07, 6.45) is 25.1. The summed E-state index contributed by atoms with van der Waals surface area (Å²) in [4.78, 5) is 36.7. The zero-order valence-corrected chi connectivity index (χ0v) is 40.0. The maximum absolute atomic E-state index is 15.2. The number of nitrogens with one attached hydrogen (secondary N) is 1. The molecule has 0 aromatic carbocycles. The van der Waals surface area contributed by atoms with Gasteiger partial charge >= 0.3 is 0 Å². The molecule has 10 nitrogen and oxygen atoms in total. The van der Waals surface area contributed by atoms with Gasteiger partial charge in [-0.15, -0.1) is 0 Å². The van der Waals surface area contributed by atoms with Gasteiger partial charge in [0.05, 0.1) is 18.8 Å². The van der Waals surface area contributed by atoms with Gasteiger partial charge in [-0.05, 0) is 114 Å². The van der Waals surface area contributed by atoms with E-state index < -0.39 is 45.9 Å². The molecule has 2 amide bonds. The molecule has 0 bridgehead atoms. The number of aliphatic hydroxyl groups is 2. The number of piperidine rings is 2. The Labute approximate surface area is 366 Å². The number of likely N-dealkylation sites (tertiary alicyclic amines) is 1. The molecule has 4 spiro atoms. The van der Waals surface area contributed by atoms with Crippen LogP contribution >= 0.6 is 0 Å². The van der Waals surface area contributed by atoms with Crippen molar-refractivity contribution in [2.75, 3.05) is 19.6 Å². The van der Waals surface area contributed by atoms with Crippen LogP contribution in [0.5, 0.6) is 0 Å². The average molecular weight is 843 g/mol. The number of aliphatic hydroxyl groups excluding tert-OH is 2. The lowest BCUT2D eigenvalue weighted by atomic mass is 9.70. The van der Waals surface area contributed by atoms with Crippen molar-refractivity contribution in [3.8, 4) is 0 Å². The first-order valence-electron chi connectivity index (χ1n) is 25.1. The molecule has 2 atom stereocenters. The van der Waals surface area contributed by atoms with Gasteiger partial charge in [0.25, 0.3) is 11.8 Å². The van der Waals surface area contributed by atoms with Crippen molar-refractivity contribution in [1.29, 1.82) is 0 Å². The van der Waals surface area contributed by atoms with Crippen molar-refractivity contribution in [3.63, 3.8) is 0 Å². The molecular weight excluding hydrogens is 753 g/mol. The van der Waals surface area contributed by atoms with E-state index in [9.17, 15) is 10.2 Å². The van der Waals surface area contributed by atoms with Gasteiger partial charge in [-0.2, -0.15) is 0 Å². The van der Waals surface area contributed by atoms with Crippen LogP contribution in [0.4, 0.5) is 0 Å². The highest BCUT2D eigenvalue weighted by Crippen LogP contribution is 2.55. The van der Waals surface area contributed by atoms with Gasteiger partial charge in [0, 0.05) is 60.9 Å². The van der Waals surface area contributed by atoms with E-state index in [1.807, 2.05) is 9.80 Å². The Hall–Kier alpha value is -1.30. The minimum Gasteiger partial charge on any atom is -0.392 e. The van der Waals surface area contributed by atoms with E-state index in [-0.39, 0.29) is 36.0 Å². The highest BCUT2D eigenvalue weighted by molar-refractivity contribution is 5.89. The second-order valence-corrected chi connectivity index (χ2v) is 23.6. The Morgan fingerprint density at radius 3 is 1.17 bits per heavy atom. The van der Waals surface area contributed by atoms with Crippen molar-refractivity contribution < 1.29 is 29.3 Å². The third-order valence-electron chi connectivity index (χ3n) is 15.6. The molecule has 0 aromatic rings. The summed E-state index contributed by atoms with van der Waals surface area (Å²) < 4.78 is 14.9. The molecule has 6 aliphatic rings. The Balaban J connectivity index is 1.26. The largest absolute Gasteiger partial charge is 0.392 e. The zero-order valence-electron chi connectivity index (χ0n) is 40.0. The van der Waals surface area contributed by atoms with E-state index in [0.717, 1.165) is 77.0 Å². The lowest BCUT2D eigenvalue weighted by Gasteiger charge is -2.58. The standard InChI is InChI=1S/C50H90N4O6/c1-39(55)32-52-42(58)48(60-49(52)28-24-20-16-12-10-13-17-21-25-29-49)37-45(6,7)54(46(8,9)38-48)34-40(56)33-53-41(57)47(35-43(2,3)51-44(4,5)36-47)59-50(53)30-26-22-18-14-11-15-19-23-27-31-50/h39-40,51,55-56H,10-38H2,1-9H3. The number of carbonyl (C=O) groups is 2. The second-order valence-electron chi connectivity index (χ2n) is 23.6. The number of nitrogens with zero attached hydrogens (tertiary/aromatic N) is 3. The molecule has 3 N–H and O–H groups in total. The molecule has 2 saturated carbocycles. The maximum atomic E-state index is 15.2. The molecule has 2 unspecified atom stereocenters. The van der Waals surface area contributed by atoms with E-state index in [4.69, 9.17) is 9.47 Å². The van der Waals surface area contributed by atoms with Crippen LogP contribution in [0.25, 0.3) is 0 Å². The maximum Gasteiger partial charge on any atom is 0.257 e. The summed E-state index contributed by atoms with van der Waals surface area (Å²) in [7, 11) is 0. The summed E-state index contributed by atoms with van der Waals surface area (Å²) in [5.74, 6) is 0.0807. The van der Waals surface area contributed by atoms with Crippen molar-refractivity contribution in [2.24, 2.45) is 0 Å². The smallest absolute Gasteiger partial charge is 0.257 e. The summed E-state index contributed by atoms with van der Waals surface area (Å²) in [6, 6.07) is 0. The van der Waals surface area contributed by atoms with Gasteiger partial charge in [0.2, 0.25) is 0 Å². The van der Waals surface area contributed by atoms with Crippen molar-refractivity contribution in [1.82, 2.24) is 20.0 Å². The SMILES string of the molecule is CC(O)CN1C(=O)C2(CC(C)(C)N(CC(O)CN3C(=O)C4(CC(C)(C)NC(C)(C)C4)OC34CCCCCCCCCCC4)C(C)(C)C2)OC12CCCCCCCCCCC2. The molecular formula is C50H90N4O6. The van der Waals surface area contributed by atoms with Gasteiger partial charge in [0.15, 0.2) is 11.2 Å². The number of rotatable bonds is 6. The number of ether oxygens (including phenoxy) is 2. The lowest BCUT2D eigenvalue weighted by molar-refractivity contribution is -0.205. The van der Waals surface area contributed by atoms with E-state index in [1.165, 1.54) is 64.2 Å². The van der Waals surface area contributed by atoms with Crippen LogP contribution < -0.4 is 5.32 Å². The molecule has 0 radical (unpaired) electrons. The number of amides is 2. The highest BCUT2D eigenvalue weighted by Gasteiger charge is 2.67. The first kappa shape index (κ1) is 48.2. The quantitative estimate of drug-likeness (QED) is 0.243. The molecule has 6 fully saturated rings. The molecule has 0 aromatic heterocycles. The molecule has 10 heteroatoms. The van der Waals surface area contributed by atoms with Crippen LogP contribution in [0.3, 0.4) is 0 Å². The van der Waals surface area contributed by atoms with Crippen molar-refractivity contribution in [3.05, 3.63) is 0 Å². The van der Waals surface area contributed by atoms with Crippen LogP contribution in [0.1, 0.15) is 229 Å². The predicted molar refractivity (Wildman–Crippen MR) is 240 cm³/mol. The summed E-state index contributed by atoms with van der Waals surface area (Å²) in [6.45, 7) is 20.3. The van der Waals surface area contributed by atoms with Gasteiger partial charge in [-0.25, -0.2) is 0 Å². The molecule has 60 heavy (non-hydrogen) atoms. The number of β-amino-alcohol motifs (C(OH)–C–C–N with tert-alkyl or cyclic N) is 2. The van der Waals surface area contributed by atoms with Crippen LogP contribution in [0.2, 0.25) is 0 Å². The van der Waals surface area contributed by atoms with Crippen LogP contribution in [-0.4, -0.2) is 113 Å². The molecule has 4 aliphatic heterocycles. The molecule has 346 valence electrons. The fourth-order valence-electron chi connectivity index (χ4n) is 14.0. The van der Waals surface area contributed by atoms with E-state index in [2.05, 4.69) is 65.6 Å². The lowest BCUT2D eigenvalue weighted by Crippen LogP contribution is -2.69. The molecule has 4 heterocycles. The molecule has 2 aliphatic carbocycles. The van der Waals surface area contributed by atoms with Crippen LogP contribution in [-0.2, 0) is 19.1 Å². The van der Waals surface area contributed by atoms with Crippen molar-refractivity contribution in [2.45, 2.75) is 286 Å². The summed E-state index contributed by atoms with van der Waals surface area (Å²) >= 11 is 0. The highest BCUT2D eigenvalue weighted by atomic mass is 16.6. The van der Waals surface area contributed by atoms with Gasteiger partial charge in [-0.1, -0.05) is 89.9 Å². The Bertz CT molecular complexity index is 1400. The fraction of sp³-hybridized carbons (Fsp3) is 0.960. The predicted octanol–water partition coefficient (Wildman–Crippen LogP) is 9.52.